The van der Waals surface area contributed by atoms with E-state index in [4.69, 9.17) is 10.00 Å². The fourth-order valence-corrected chi connectivity index (χ4v) is 4.55. The van der Waals surface area contributed by atoms with E-state index in [2.05, 4.69) is 15.0 Å². The first-order valence-corrected chi connectivity index (χ1v) is 10.3. The quantitative estimate of drug-likeness (QED) is 0.471. The van der Waals surface area contributed by atoms with Crippen LogP contribution in [-0.2, 0) is 10.0 Å². The second-order valence-corrected chi connectivity index (χ2v) is 8.13. The minimum absolute atomic E-state index is 0.0494. The molecule has 154 valence electrons. The number of nitriles is 1. The largest absolute Gasteiger partial charge is 0.494 e. The topological polar surface area (TPSA) is 109 Å². The second kappa shape index (κ2) is 7.97. The van der Waals surface area contributed by atoms with Gasteiger partial charge in [-0.25, -0.2) is 27.1 Å². The summed E-state index contributed by atoms with van der Waals surface area (Å²) in [5.41, 5.74) is 0.427. The Morgan fingerprint density at radius 1 is 1.10 bits per heavy atom. The van der Waals surface area contributed by atoms with E-state index >= 15 is 0 Å². The molecule has 0 radical (unpaired) electrons. The summed E-state index contributed by atoms with van der Waals surface area (Å²) in [4.78, 5) is 11.5. The number of fused-ring (bicyclic) bond motifs is 1. The highest BCUT2D eigenvalue weighted by Gasteiger charge is 2.30. The average molecular weight is 435 g/mol. The zero-order valence-electron chi connectivity index (χ0n) is 16.1. The van der Waals surface area contributed by atoms with E-state index in [1.807, 2.05) is 6.07 Å². The second-order valence-electron chi connectivity index (χ2n) is 6.34. The van der Waals surface area contributed by atoms with Crippen LogP contribution in [0.2, 0.25) is 0 Å². The van der Waals surface area contributed by atoms with Crippen molar-refractivity contribution in [1.82, 2.24) is 15.0 Å². The maximum absolute atomic E-state index is 14.3. The van der Waals surface area contributed by atoms with E-state index in [1.54, 1.807) is 0 Å². The molecule has 0 saturated carbocycles. The van der Waals surface area contributed by atoms with Gasteiger partial charge in [-0.1, -0.05) is 6.07 Å². The maximum Gasteiger partial charge on any atom is 0.270 e. The molecule has 10 heteroatoms. The molecule has 4 rings (SSSR count). The molecular formula is C21H14FN5O3S. The summed E-state index contributed by atoms with van der Waals surface area (Å²) in [6.45, 7) is 0. The number of ether oxygens (including phenoxy) is 1. The van der Waals surface area contributed by atoms with Crippen molar-refractivity contribution in [3.63, 3.8) is 0 Å². The first-order valence-electron chi connectivity index (χ1n) is 8.88. The van der Waals surface area contributed by atoms with Crippen LogP contribution >= 0.6 is 0 Å². The van der Waals surface area contributed by atoms with E-state index in [9.17, 15) is 12.8 Å². The lowest BCUT2D eigenvalue weighted by Gasteiger charge is -2.25. The first kappa shape index (κ1) is 20.2. The van der Waals surface area contributed by atoms with E-state index in [0.29, 0.717) is 10.9 Å². The lowest BCUT2D eigenvalue weighted by Crippen LogP contribution is -2.27. The fourth-order valence-electron chi connectivity index (χ4n) is 3.07. The van der Waals surface area contributed by atoms with Crippen molar-refractivity contribution in [2.75, 3.05) is 11.4 Å². The zero-order valence-corrected chi connectivity index (χ0v) is 16.9. The third-order valence-electron chi connectivity index (χ3n) is 4.52. The molecule has 0 saturated heterocycles. The lowest BCUT2D eigenvalue weighted by molar-refractivity contribution is 0.416. The summed E-state index contributed by atoms with van der Waals surface area (Å²) in [6, 6.07) is 11.8. The smallest absolute Gasteiger partial charge is 0.270 e. The lowest BCUT2D eigenvalue weighted by atomic mass is 10.2. The van der Waals surface area contributed by atoms with Crippen LogP contribution in [0.4, 0.5) is 15.9 Å². The van der Waals surface area contributed by atoms with Crippen LogP contribution in [0, 0.1) is 17.1 Å². The van der Waals surface area contributed by atoms with Crippen LogP contribution in [-0.4, -0.2) is 30.5 Å². The third-order valence-corrected chi connectivity index (χ3v) is 6.24. The Morgan fingerprint density at radius 3 is 2.65 bits per heavy atom. The minimum Gasteiger partial charge on any atom is -0.494 e. The number of anilines is 2. The molecular weight excluding hydrogens is 421 g/mol. The molecule has 0 spiro atoms. The van der Waals surface area contributed by atoms with Gasteiger partial charge in [0.15, 0.2) is 5.82 Å². The fraction of sp³-hybridized carbons (Fsp3) is 0.0476. The van der Waals surface area contributed by atoms with Gasteiger partial charge in [0.25, 0.3) is 10.0 Å². The summed E-state index contributed by atoms with van der Waals surface area (Å²) in [7, 11) is -2.91. The summed E-state index contributed by atoms with van der Waals surface area (Å²) in [5.74, 6) is -0.440. The Hall–Kier alpha value is -4.10. The Kier molecular flexibility index (Phi) is 5.19. The number of hydrogen-bond acceptors (Lipinski definition) is 7. The standard InChI is InChI=1S/C21H14FN5O3S/c1-30-20-8-14(10-23)2-5-19(20)27(21-6-7-24-13-26-21)31(28,29)16-4-3-15-11-25-12-18(22)17(15)9-16/h2-9,11-13H,1H3. The number of hydrogen-bond donors (Lipinski definition) is 0. The Labute approximate surface area is 177 Å². The van der Waals surface area contributed by atoms with Gasteiger partial charge < -0.3 is 4.74 Å². The van der Waals surface area contributed by atoms with Gasteiger partial charge >= 0.3 is 0 Å². The highest BCUT2D eigenvalue weighted by atomic mass is 32.2. The van der Waals surface area contributed by atoms with Crippen LogP contribution in [0.3, 0.4) is 0 Å². The molecule has 2 heterocycles. The number of methoxy groups -OCH3 is 1. The van der Waals surface area contributed by atoms with Gasteiger partial charge in [0.2, 0.25) is 0 Å². The number of sulfonamides is 1. The Bertz CT molecular complexity index is 1420. The van der Waals surface area contributed by atoms with E-state index in [-0.39, 0.29) is 27.5 Å². The van der Waals surface area contributed by atoms with E-state index in [0.717, 1.165) is 10.5 Å². The van der Waals surface area contributed by atoms with Crippen LogP contribution in [0.5, 0.6) is 5.75 Å². The number of pyridine rings is 1. The van der Waals surface area contributed by atoms with Crippen molar-refractivity contribution in [1.29, 1.82) is 5.26 Å². The number of halogens is 1. The van der Waals surface area contributed by atoms with Gasteiger partial charge in [-0.2, -0.15) is 5.26 Å². The molecule has 0 atom stereocenters. The van der Waals surface area contributed by atoms with Crippen molar-refractivity contribution < 1.29 is 17.5 Å². The predicted octanol–water partition coefficient (Wildman–Crippen LogP) is 3.57. The summed E-state index contributed by atoms with van der Waals surface area (Å²) in [5, 5.41) is 9.75. The molecule has 0 unspecified atom stereocenters. The monoisotopic (exact) mass is 435 g/mol. The molecule has 4 aromatic rings. The third kappa shape index (κ3) is 3.62. The molecule has 0 bridgehead atoms. The molecule has 0 amide bonds. The maximum atomic E-state index is 14.3. The van der Waals surface area contributed by atoms with Crippen molar-refractivity contribution >= 4 is 32.3 Å². The van der Waals surface area contributed by atoms with Crippen LogP contribution in [0.15, 0.2) is 72.3 Å². The number of rotatable bonds is 5. The van der Waals surface area contributed by atoms with Crippen molar-refractivity contribution in [2.24, 2.45) is 0 Å². The zero-order chi connectivity index (χ0) is 22.0. The summed E-state index contributed by atoms with van der Waals surface area (Å²) >= 11 is 0. The van der Waals surface area contributed by atoms with Gasteiger partial charge in [0.1, 0.15) is 23.6 Å². The number of nitrogens with zero attached hydrogens (tertiary/aromatic N) is 5. The van der Waals surface area contributed by atoms with Crippen LogP contribution in [0.1, 0.15) is 5.56 Å². The molecule has 0 fully saturated rings. The molecule has 2 aromatic carbocycles. The summed E-state index contributed by atoms with van der Waals surface area (Å²) < 4.78 is 48.0. The highest BCUT2D eigenvalue weighted by molar-refractivity contribution is 7.93. The van der Waals surface area contributed by atoms with E-state index in [1.165, 1.54) is 68.3 Å². The molecule has 0 N–H and O–H groups in total. The van der Waals surface area contributed by atoms with Gasteiger partial charge in [0.05, 0.1) is 29.8 Å². The molecule has 31 heavy (non-hydrogen) atoms. The molecule has 0 aliphatic carbocycles. The minimum atomic E-state index is -4.27. The predicted molar refractivity (Wildman–Crippen MR) is 111 cm³/mol. The molecule has 0 aliphatic heterocycles. The van der Waals surface area contributed by atoms with Crippen LogP contribution < -0.4 is 9.04 Å². The molecule has 8 nitrogen and oxygen atoms in total. The van der Waals surface area contributed by atoms with Gasteiger partial charge in [-0.05, 0) is 24.3 Å². The van der Waals surface area contributed by atoms with Crippen molar-refractivity contribution in [2.45, 2.75) is 4.90 Å². The SMILES string of the molecule is COc1cc(C#N)ccc1N(c1ccncn1)S(=O)(=O)c1ccc2cncc(F)c2c1. The van der Waals surface area contributed by atoms with Crippen LogP contribution in [0.25, 0.3) is 10.8 Å². The van der Waals surface area contributed by atoms with Crippen molar-refractivity contribution in [3.8, 4) is 11.8 Å². The normalized spacial score (nSPS) is 11.1. The highest BCUT2D eigenvalue weighted by Crippen LogP contribution is 2.38. The Morgan fingerprint density at radius 2 is 1.94 bits per heavy atom. The molecule has 0 aliphatic rings. The summed E-state index contributed by atoms with van der Waals surface area (Å²) in [6.07, 6.45) is 5.07. The van der Waals surface area contributed by atoms with Gasteiger partial charge in [0, 0.05) is 35.3 Å². The average Bonchev–Trinajstić information content (AvgIpc) is 2.80. The van der Waals surface area contributed by atoms with Gasteiger partial charge in [-0.15, -0.1) is 0 Å². The number of aromatic nitrogens is 3. The first-order chi connectivity index (χ1) is 15.0. The van der Waals surface area contributed by atoms with E-state index < -0.39 is 15.8 Å². The number of benzene rings is 2. The molecule has 2 aromatic heterocycles. The van der Waals surface area contributed by atoms with Gasteiger partial charge in [-0.3, -0.25) is 4.98 Å². The Balaban J connectivity index is 1.97. The van der Waals surface area contributed by atoms with Crippen molar-refractivity contribution in [3.05, 3.63) is 78.8 Å².